The molecule has 1 aromatic rings. The zero-order valence-corrected chi connectivity index (χ0v) is 11.8. The highest BCUT2D eigenvalue weighted by atomic mass is 35.5. The lowest BCUT2D eigenvalue weighted by atomic mass is 9.89. The molecule has 4 nitrogen and oxygen atoms in total. The van der Waals surface area contributed by atoms with E-state index in [2.05, 4.69) is 28.7 Å². The summed E-state index contributed by atoms with van der Waals surface area (Å²) in [6, 6.07) is 0. The van der Waals surface area contributed by atoms with Crippen LogP contribution in [0.1, 0.15) is 33.1 Å². The summed E-state index contributed by atoms with van der Waals surface area (Å²) in [7, 11) is 0. The number of hydrogen-bond acceptors (Lipinski definition) is 4. The third kappa shape index (κ3) is 3.05. The Bertz CT molecular complexity index is 408. The molecule has 2 heterocycles. The van der Waals surface area contributed by atoms with Crippen molar-refractivity contribution in [2.45, 2.75) is 33.1 Å². The Labute approximate surface area is 114 Å². The summed E-state index contributed by atoms with van der Waals surface area (Å²) < 4.78 is 0. The van der Waals surface area contributed by atoms with Crippen molar-refractivity contribution < 1.29 is 0 Å². The first-order valence-corrected chi connectivity index (χ1v) is 6.98. The Morgan fingerprint density at radius 3 is 2.89 bits per heavy atom. The first-order chi connectivity index (χ1) is 8.58. The Balaban J connectivity index is 2.12. The fourth-order valence-electron chi connectivity index (χ4n) is 2.59. The lowest BCUT2D eigenvalue weighted by Crippen LogP contribution is -2.26. The van der Waals surface area contributed by atoms with Crippen molar-refractivity contribution in [3.8, 4) is 0 Å². The number of halogens is 1. The molecule has 1 fully saturated rings. The highest BCUT2D eigenvalue weighted by Gasteiger charge is 2.21. The van der Waals surface area contributed by atoms with Gasteiger partial charge in [-0.05, 0) is 31.1 Å². The summed E-state index contributed by atoms with van der Waals surface area (Å²) >= 11 is 6.16. The fraction of sp³-hybridized carbons (Fsp3) is 0.692. The summed E-state index contributed by atoms with van der Waals surface area (Å²) in [5.74, 6) is 2.62. The molecule has 18 heavy (non-hydrogen) atoms. The Hall–Kier alpha value is -1.03. The number of hydrogen-bond donors (Lipinski definition) is 1. The maximum absolute atomic E-state index is 6.16. The van der Waals surface area contributed by atoms with Crippen molar-refractivity contribution >= 4 is 23.4 Å². The van der Waals surface area contributed by atoms with E-state index in [1.165, 1.54) is 19.3 Å². The summed E-state index contributed by atoms with van der Waals surface area (Å²) in [5, 5.41) is 0.590. The second kappa shape index (κ2) is 5.74. The van der Waals surface area contributed by atoms with E-state index in [4.69, 9.17) is 17.3 Å². The average Bonchev–Trinajstić information content (AvgIpc) is 2.58. The van der Waals surface area contributed by atoms with Gasteiger partial charge >= 0.3 is 0 Å². The van der Waals surface area contributed by atoms with Gasteiger partial charge in [-0.25, -0.2) is 4.98 Å². The highest BCUT2D eigenvalue weighted by Crippen LogP contribution is 2.29. The Morgan fingerprint density at radius 1 is 1.39 bits per heavy atom. The fourth-order valence-corrected chi connectivity index (χ4v) is 2.80. The van der Waals surface area contributed by atoms with Crippen LogP contribution >= 0.6 is 11.6 Å². The molecular weight excluding hydrogens is 248 g/mol. The third-order valence-electron chi connectivity index (χ3n) is 3.76. The smallest absolute Gasteiger partial charge is 0.222 e. The van der Waals surface area contributed by atoms with Crippen LogP contribution in [0.25, 0.3) is 0 Å². The van der Waals surface area contributed by atoms with Crippen molar-refractivity contribution in [3.63, 3.8) is 0 Å². The van der Waals surface area contributed by atoms with Crippen LogP contribution in [0.4, 0.5) is 11.8 Å². The summed E-state index contributed by atoms with van der Waals surface area (Å²) in [6.07, 6.45) is 5.25. The SMILES string of the molecule is CC(C)C1CCCN(c2nc(N)ncc2Cl)CC1. The van der Waals surface area contributed by atoms with Crippen LogP contribution in [0.3, 0.4) is 0 Å². The molecule has 100 valence electrons. The van der Waals surface area contributed by atoms with Crippen molar-refractivity contribution in [2.24, 2.45) is 11.8 Å². The minimum absolute atomic E-state index is 0.291. The standard InChI is InChI=1S/C13H21ClN4/c1-9(2)10-4-3-6-18(7-5-10)12-11(14)8-16-13(15)17-12/h8-10H,3-7H2,1-2H3,(H2,15,16,17). The van der Waals surface area contributed by atoms with E-state index >= 15 is 0 Å². The van der Waals surface area contributed by atoms with Crippen molar-refractivity contribution in [3.05, 3.63) is 11.2 Å². The maximum atomic E-state index is 6.16. The van der Waals surface area contributed by atoms with Gasteiger partial charge in [0.1, 0.15) is 5.02 Å². The molecule has 0 radical (unpaired) electrons. The van der Waals surface area contributed by atoms with Crippen LogP contribution < -0.4 is 10.6 Å². The molecule has 1 aliphatic heterocycles. The highest BCUT2D eigenvalue weighted by molar-refractivity contribution is 6.32. The largest absolute Gasteiger partial charge is 0.368 e. The average molecular weight is 269 g/mol. The maximum Gasteiger partial charge on any atom is 0.222 e. The molecule has 1 unspecified atom stereocenters. The van der Waals surface area contributed by atoms with E-state index in [9.17, 15) is 0 Å². The van der Waals surface area contributed by atoms with Crippen LogP contribution in [0.2, 0.25) is 5.02 Å². The number of nitrogens with two attached hydrogens (primary N) is 1. The molecule has 0 amide bonds. The molecular formula is C13H21ClN4. The second-order valence-corrected chi connectivity index (χ2v) is 5.73. The lowest BCUT2D eigenvalue weighted by molar-refractivity contribution is 0.351. The van der Waals surface area contributed by atoms with E-state index < -0.39 is 0 Å². The predicted octanol–water partition coefficient (Wildman–Crippen LogP) is 2.97. The van der Waals surface area contributed by atoms with E-state index in [0.717, 1.165) is 30.7 Å². The van der Waals surface area contributed by atoms with Crippen molar-refractivity contribution in [2.75, 3.05) is 23.7 Å². The van der Waals surface area contributed by atoms with Gasteiger partial charge in [-0.15, -0.1) is 0 Å². The molecule has 0 aliphatic carbocycles. The van der Waals surface area contributed by atoms with E-state index in [0.29, 0.717) is 11.0 Å². The Kier molecular flexibility index (Phi) is 4.27. The van der Waals surface area contributed by atoms with E-state index in [1.807, 2.05) is 0 Å². The van der Waals surface area contributed by atoms with Gasteiger partial charge in [0.2, 0.25) is 5.95 Å². The Morgan fingerprint density at radius 2 is 2.17 bits per heavy atom. The van der Waals surface area contributed by atoms with Crippen LogP contribution in [0.15, 0.2) is 6.20 Å². The van der Waals surface area contributed by atoms with Gasteiger partial charge in [-0.3, -0.25) is 0 Å². The topological polar surface area (TPSA) is 55.0 Å². The summed E-state index contributed by atoms with van der Waals surface area (Å²) in [5.41, 5.74) is 5.64. The molecule has 0 aromatic carbocycles. The number of aromatic nitrogens is 2. The molecule has 2 rings (SSSR count). The first kappa shape index (κ1) is 13.4. The van der Waals surface area contributed by atoms with Gasteiger partial charge in [0.25, 0.3) is 0 Å². The molecule has 0 bridgehead atoms. The minimum Gasteiger partial charge on any atom is -0.368 e. The van der Waals surface area contributed by atoms with Gasteiger partial charge in [-0.1, -0.05) is 25.4 Å². The molecule has 0 saturated carbocycles. The zero-order chi connectivity index (χ0) is 13.1. The number of nitrogen functional groups attached to an aromatic ring is 1. The van der Waals surface area contributed by atoms with Crippen LogP contribution in [0, 0.1) is 11.8 Å². The van der Waals surface area contributed by atoms with Gasteiger partial charge in [0, 0.05) is 13.1 Å². The monoisotopic (exact) mass is 268 g/mol. The van der Waals surface area contributed by atoms with Crippen LogP contribution in [-0.4, -0.2) is 23.1 Å². The van der Waals surface area contributed by atoms with E-state index in [1.54, 1.807) is 6.20 Å². The summed E-state index contributed by atoms with van der Waals surface area (Å²) in [4.78, 5) is 10.4. The van der Waals surface area contributed by atoms with Crippen LogP contribution in [-0.2, 0) is 0 Å². The molecule has 1 aliphatic rings. The molecule has 0 spiro atoms. The summed E-state index contributed by atoms with van der Waals surface area (Å²) in [6.45, 7) is 6.60. The minimum atomic E-state index is 0.291. The molecule has 5 heteroatoms. The van der Waals surface area contributed by atoms with E-state index in [-0.39, 0.29) is 0 Å². The molecule has 1 aromatic heterocycles. The lowest BCUT2D eigenvalue weighted by Gasteiger charge is -2.23. The normalized spacial score (nSPS) is 21.1. The van der Waals surface area contributed by atoms with Crippen molar-refractivity contribution in [1.29, 1.82) is 0 Å². The molecule has 1 atom stereocenters. The predicted molar refractivity (Wildman–Crippen MR) is 75.8 cm³/mol. The van der Waals surface area contributed by atoms with Gasteiger partial charge in [0.15, 0.2) is 5.82 Å². The van der Waals surface area contributed by atoms with Gasteiger partial charge < -0.3 is 10.6 Å². The van der Waals surface area contributed by atoms with Gasteiger partial charge in [-0.2, -0.15) is 4.98 Å². The molecule has 1 saturated heterocycles. The zero-order valence-electron chi connectivity index (χ0n) is 11.1. The quantitative estimate of drug-likeness (QED) is 0.896. The number of nitrogens with zero attached hydrogens (tertiary/aromatic N) is 3. The van der Waals surface area contributed by atoms with Gasteiger partial charge in [0.05, 0.1) is 6.20 Å². The molecule has 2 N–H and O–H groups in total. The van der Waals surface area contributed by atoms with Crippen molar-refractivity contribution in [1.82, 2.24) is 9.97 Å². The number of anilines is 2. The first-order valence-electron chi connectivity index (χ1n) is 6.61. The third-order valence-corrected chi connectivity index (χ3v) is 4.03. The second-order valence-electron chi connectivity index (χ2n) is 5.32. The van der Waals surface area contributed by atoms with Crippen LogP contribution in [0.5, 0.6) is 0 Å². The number of rotatable bonds is 2.